The molecule has 0 spiro atoms. The number of aryl methyl sites for hydroxylation is 1. The molecule has 0 saturated heterocycles. The molecule has 1 aromatic heterocycles. The predicted molar refractivity (Wildman–Crippen MR) is 49.5 cm³/mol. The Labute approximate surface area is 128 Å². The van der Waals surface area contributed by atoms with Crippen LogP contribution in [0.4, 0.5) is 12.9 Å². The van der Waals surface area contributed by atoms with Gasteiger partial charge in [-0.15, -0.1) is 11.8 Å². The fraction of sp³-hybridized carbons (Fsp3) is 0.286. The van der Waals surface area contributed by atoms with E-state index in [4.69, 9.17) is 0 Å². The van der Waals surface area contributed by atoms with E-state index in [-0.39, 0.29) is 56.9 Å². The Hall–Kier alpha value is 0.991. The maximum atomic E-state index is 12.3. The number of nitrogens with zero attached hydrogens (tertiary/aromatic N) is 1. The van der Waals surface area contributed by atoms with Gasteiger partial charge in [0, 0.05) is 6.20 Å². The number of pyridine rings is 1. The Morgan fingerprint density at radius 1 is 1.36 bits per heavy atom. The smallest absolute Gasteiger partial charge is 0.445 e. The van der Waals surface area contributed by atoms with Gasteiger partial charge in [-0.2, -0.15) is 0 Å². The molecular formula is C7H8BF3KNS. The molecule has 0 unspecified atom stereocenters. The molecule has 7 heteroatoms. The number of thioether (sulfide) groups is 1. The molecular weight excluding hydrogens is 237 g/mol. The van der Waals surface area contributed by atoms with Crippen LogP contribution in [0.25, 0.3) is 0 Å². The molecule has 0 N–H and O–H groups in total. The van der Waals surface area contributed by atoms with Crippen molar-refractivity contribution < 1.29 is 64.3 Å². The number of aromatic nitrogens is 1. The minimum atomic E-state index is -4.92. The molecule has 1 rings (SSSR count). The Morgan fingerprint density at radius 2 is 1.93 bits per heavy atom. The van der Waals surface area contributed by atoms with E-state index < -0.39 is 12.4 Å². The summed E-state index contributed by atoms with van der Waals surface area (Å²) in [5, 5.41) is 0.612. The van der Waals surface area contributed by atoms with Crippen molar-refractivity contribution in [3.63, 3.8) is 0 Å². The summed E-state index contributed by atoms with van der Waals surface area (Å²) in [6.45, 7) is -3.47. The zero-order valence-corrected chi connectivity index (χ0v) is 12.2. The minimum Gasteiger partial charge on any atom is -0.445 e. The molecule has 72 valence electrons. The molecule has 0 aliphatic rings. The van der Waals surface area contributed by atoms with Gasteiger partial charge in [-0.25, -0.2) is 0 Å². The van der Waals surface area contributed by atoms with E-state index in [0.717, 1.165) is 6.20 Å². The minimum absolute atomic E-state index is 0. The van der Waals surface area contributed by atoms with Gasteiger partial charge in [0.15, 0.2) is 0 Å². The van der Waals surface area contributed by atoms with E-state index in [1.807, 2.05) is 0 Å². The van der Waals surface area contributed by atoms with Gasteiger partial charge in [-0.05, 0) is 19.2 Å². The molecule has 1 nitrogen and oxygen atoms in total. The molecule has 0 bridgehead atoms. The van der Waals surface area contributed by atoms with Crippen LogP contribution in [0.15, 0.2) is 17.3 Å². The van der Waals surface area contributed by atoms with Gasteiger partial charge in [0.1, 0.15) is 0 Å². The van der Waals surface area contributed by atoms with Gasteiger partial charge < -0.3 is 12.9 Å². The van der Waals surface area contributed by atoms with Crippen molar-refractivity contribution in [1.82, 2.24) is 4.98 Å². The summed E-state index contributed by atoms with van der Waals surface area (Å²) >= 11 is 1.33. The third-order valence-electron chi connectivity index (χ3n) is 1.69. The van der Waals surface area contributed by atoms with Crippen LogP contribution in [0, 0.1) is 6.92 Å². The Morgan fingerprint density at radius 3 is 2.29 bits per heavy atom. The Balaban J connectivity index is 0.00000169. The summed E-state index contributed by atoms with van der Waals surface area (Å²) < 4.78 is 36.9. The maximum Gasteiger partial charge on any atom is 1.00 e. The van der Waals surface area contributed by atoms with Gasteiger partial charge in [0.05, 0.1) is 5.03 Å². The van der Waals surface area contributed by atoms with Crippen LogP contribution in [0.5, 0.6) is 0 Å². The van der Waals surface area contributed by atoms with E-state index in [9.17, 15) is 12.9 Å². The van der Waals surface area contributed by atoms with E-state index in [1.165, 1.54) is 24.8 Å². The van der Waals surface area contributed by atoms with Crippen LogP contribution in [0.3, 0.4) is 0 Å². The van der Waals surface area contributed by atoms with E-state index >= 15 is 0 Å². The Kier molecular flexibility index (Phi) is 6.33. The summed E-state index contributed by atoms with van der Waals surface area (Å²) in [4.78, 5) is 3.68. The van der Waals surface area contributed by atoms with Crippen LogP contribution in [-0.4, -0.2) is 18.2 Å². The first-order valence-corrected chi connectivity index (χ1v) is 4.88. The first kappa shape index (κ1) is 15.0. The van der Waals surface area contributed by atoms with Crippen molar-refractivity contribution in [3.05, 3.63) is 17.8 Å². The van der Waals surface area contributed by atoms with Gasteiger partial charge in [-0.1, -0.05) is 11.0 Å². The van der Waals surface area contributed by atoms with Gasteiger partial charge in [-0.3, -0.25) is 4.98 Å². The van der Waals surface area contributed by atoms with Crippen molar-refractivity contribution in [2.45, 2.75) is 11.9 Å². The van der Waals surface area contributed by atoms with Crippen molar-refractivity contribution in [3.8, 4) is 0 Å². The van der Waals surface area contributed by atoms with Crippen molar-refractivity contribution in [1.29, 1.82) is 0 Å². The molecule has 0 aliphatic carbocycles. The molecule has 0 saturated carbocycles. The number of hydrogen-bond donors (Lipinski definition) is 0. The second-order valence-electron chi connectivity index (χ2n) is 2.66. The normalized spacial score (nSPS) is 10.9. The fourth-order valence-corrected chi connectivity index (χ4v) is 1.45. The zero-order valence-electron chi connectivity index (χ0n) is 8.22. The van der Waals surface area contributed by atoms with E-state index in [2.05, 4.69) is 4.98 Å². The van der Waals surface area contributed by atoms with Crippen molar-refractivity contribution in [2.75, 3.05) is 6.26 Å². The molecule has 0 fully saturated rings. The summed E-state index contributed by atoms with van der Waals surface area (Å²) in [6.07, 6.45) is 2.68. The third kappa shape index (κ3) is 3.86. The summed E-state index contributed by atoms with van der Waals surface area (Å²) in [5.41, 5.74) is -0.357. The molecule has 0 radical (unpaired) electrons. The molecule has 1 heterocycles. The average Bonchev–Trinajstić information content (AvgIpc) is 2.01. The molecule has 0 atom stereocenters. The average molecular weight is 245 g/mol. The first-order valence-electron chi connectivity index (χ1n) is 3.65. The quantitative estimate of drug-likeness (QED) is 0.498. The van der Waals surface area contributed by atoms with Crippen molar-refractivity contribution in [2.24, 2.45) is 0 Å². The van der Waals surface area contributed by atoms with Gasteiger partial charge in [0.25, 0.3) is 0 Å². The largest absolute Gasteiger partial charge is 1.00 e. The third-order valence-corrected chi connectivity index (χ3v) is 2.33. The first-order chi connectivity index (χ1) is 5.95. The van der Waals surface area contributed by atoms with Crippen LogP contribution in [0.1, 0.15) is 5.56 Å². The molecule has 0 aromatic carbocycles. The van der Waals surface area contributed by atoms with Crippen LogP contribution < -0.4 is 56.8 Å². The van der Waals surface area contributed by atoms with Crippen molar-refractivity contribution >= 4 is 24.2 Å². The van der Waals surface area contributed by atoms with Crippen LogP contribution in [0.2, 0.25) is 0 Å². The monoisotopic (exact) mass is 245 g/mol. The summed E-state index contributed by atoms with van der Waals surface area (Å²) in [7, 11) is 0. The second kappa shape index (κ2) is 5.91. The maximum absolute atomic E-state index is 12.3. The SMILES string of the molecule is CSc1cc(C)c([B-](F)(F)F)cn1.[K+]. The standard InChI is InChI=1S/C7H8BF3NS.K/c1-5-3-7(13-2)12-4-6(5)8(9,10)11;/h3-4H,1-2H3;/q-1;+1. The summed E-state index contributed by atoms with van der Waals surface area (Å²) in [6, 6.07) is 1.45. The van der Waals surface area contributed by atoms with Crippen LogP contribution >= 0.6 is 11.8 Å². The molecule has 0 aliphatic heterocycles. The zero-order chi connectivity index (χ0) is 10.1. The predicted octanol–water partition coefficient (Wildman–Crippen LogP) is -0.830. The Bertz CT molecular complexity index is 318. The molecule has 14 heavy (non-hydrogen) atoms. The number of hydrogen-bond acceptors (Lipinski definition) is 2. The molecule has 0 amide bonds. The topological polar surface area (TPSA) is 12.9 Å². The van der Waals surface area contributed by atoms with Gasteiger partial charge >= 0.3 is 58.4 Å². The van der Waals surface area contributed by atoms with E-state index in [1.54, 1.807) is 6.26 Å². The number of halogens is 3. The van der Waals surface area contributed by atoms with Crippen LogP contribution in [-0.2, 0) is 0 Å². The summed E-state index contributed by atoms with van der Waals surface area (Å²) in [5.74, 6) is 0. The second-order valence-corrected chi connectivity index (χ2v) is 3.48. The fourth-order valence-electron chi connectivity index (χ4n) is 0.995. The number of rotatable bonds is 2. The van der Waals surface area contributed by atoms with E-state index in [0.29, 0.717) is 5.03 Å². The molecule has 1 aromatic rings. The van der Waals surface area contributed by atoms with Gasteiger partial charge in [0.2, 0.25) is 0 Å².